The van der Waals surface area contributed by atoms with Crippen LogP contribution >= 0.6 is 23.2 Å². The van der Waals surface area contributed by atoms with Gasteiger partial charge in [0.1, 0.15) is 5.82 Å². The Morgan fingerprint density at radius 1 is 1.20 bits per heavy atom. The van der Waals surface area contributed by atoms with Crippen molar-refractivity contribution in [2.24, 2.45) is 0 Å². The van der Waals surface area contributed by atoms with Crippen molar-refractivity contribution in [2.45, 2.75) is 13.1 Å². The molecule has 3 aromatic rings. The van der Waals surface area contributed by atoms with Gasteiger partial charge in [-0.1, -0.05) is 41.4 Å². The zero-order valence-electron chi connectivity index (χ0n) is 12.7. The highest BCUT2D eigenvalue weighted by Crippen LogP contribution is 2.40. The van der Waals surface area contributed by atoms with Gasteiger partial charge in [-0.15, -0.1) is 0 Å². The summed E-state index contributed by atoms with van der Waals surface area (Å²) in [6.45, 7) is -0.00607. The van der Waals surface area contributed by atoms with Crippen molar-refractivity contribution in [3.63, 3.8) is 0 Å². The van der Waals surface area contributed by atoms with Gasteiger partial charge in [0, 0.05) is 30.2 Å². The molecule has 9 heteroatoms. The van der Waals surface area contributed by atoms with E-state index in [1.54, 1.807) is 30.5 Å². The highest BCUT2D eigenvalue weighted by atomic mass is 35.5. The Morgan fingerprint density at radius 2 is 1.96 bits per heavy atom. The van der Waals surface area contributed by atoms with Crippen molar-refractivity contribution in [1.29, 1.82) is 0 Å². The Labute approximate surface area is 153 Å². The zero-order chi connectivity index (χ0) is 17.8. The summed E-state index contributed by atoms with van der Waals surface area (Å²) < 4.78 is 42.8. The van der Waals surface area contributed by atoms with Gasteiger partial charge in [-0.05, 0) is 17.7 Å². The number of H-pyrrole nitrogens is 1. The minimum Gasteiger partial charge on any atom is -0.358 e. The summed E-state index contributed by atoms with van der Waals surface area (Å²) in [5.74, 6) is -0.451. The van der Waals surface area contributed by atoms with Gasteiger partial charge < -0.3 is 4.98 Å². The van der Waals surface area contributed by atoms with Crippen LogP contribution in [0.4, 0.5) is 10.1 Å². The van der Waals surface area contributed by atoms with Crippen LogP contribution in [-0.4, -0.2) is 17.7 Å². The van der Waals surface area contributed by atoms with Crippen LogP contribution in [0.2, 0.25) is 10.0 Å². The second-order valence-corrected chi connectivity index (χ2v) is 8.23. The van der Waals surface area contributed by atoms with Crippen molar-refractivity contribution >= 4 is 50.0 Å². The van der Waals surface area contributed by atoms with Crippen molar-refractivity contribution in [2.75, 3.05) is 4.72 Å². The first-order chi connectivity index (χ1) is 11.9. The largest absolute Gasteiger partial charge is 0.358 e. The summed E-state index contributed by atoms with van der Waals surface area (Å²) in [4.78, 5) is 2.95. The van der Waals surface area contributed by atoms with Gasteiger partial charge in [0.25, 0.3) is 0 Å². The molecule has 2 heterocycles. The van der Waals surface area contributed by atoms with Crippen LogP contribution in [0.1, 0.15) is 11.1 Å². The van der Waals surface area contributed by atoms with Gasteiger partial charge >= 0.3 is 10.2 Å². The van der Waals surface area contributed by atoms with Crippen LogP contribution < -0.4 is 4.72 Å². The average molecular weight is 400 g/mol. The Balaban J connectivity index is 1.79. The molecule has 0 unspecified atom stereocenters. The summed E-state index contributed by atoms with van der Waals surface area (Å²) in [5.41, 5.74) is 1.92. The number of nitrogens with one attached hydrogen (secondary N) is 2. The average Bonchev–Trinajstić information content (AvgIpc) is 2.94. The molecule has 0 atom stereocenters. The third-order valence-corrected chi connectivity index (χ3v) is 6.16. The molecule has 2 aromatic carbocycles. The van der Waals surface area contributed by atoms with E-state index in [1.165, 1.54) is 10.4 Å². The third-order valence-electron chi connectivity index (χ3n) is 4.17. The van der Waals surface area contributed by atoms with Gasteiger partial charge in [0.05, 0.1) is 21.2 Å². The number of anilines is 1. The molecule has 1 aromatic heterocycles. The molecule has 1 aliphatic heterocycles. The number of rotatable bonds is 2. The molecule has 0 radical (unpaired) electrons. The molecule has 25 heavy (non-hydrogen) atoms. The molecule has 0 aliphatic carbocycles. The molecule has 0 amide bonds. The molecule has 130 valence electrons. The molecule has 0 saturated heterocycles. The van der Waals surface area contributed by atoms with Crippen LogP contribution in [0.15, 0.2) is 36.5 Å². The maximum atomic E-state index is 13.9. The second-order valence-electron chi connectivity index (χ2n) is 5.75. The smallest absolute Gasteiger partial charge is 0.302 e. The van der Waals surface area contributed by atoms with Crippen molar-refractivity contribution in [3.05, 3.63) is 63.5 Å². The molecule has 2 N–H and O–H groups in total. The standard InChI is InChI=1S/C16H12Cl2FN3O2S/c17-11-5-10-8-22(7-9-3-1-2-4-13(9)19)25(23,24)21-15(10)16-14(11)12(18)6-20-16/h1-6,20-21H,7-8H2. The Kier molecular flexibility index (Phi) is 3.92. The first kappa shape index (κ1) is 16.7. The van der Waals surface area contributed by atoms with E-state index in [4.69, 9.17) is 23.2 Å². The van der Waals surface area contributed by atoms with E-state index in [-0.39, 0.29) is 13.1 Å². The highest BCUT2D eigenvalue weighted by Gasteiger charge is 2.32. The molecule has 1 aliphatic rings. The van der Waals surface area contributed by atoms with Gasteiger partial charge in [0.15, 0.2) is 0 Å². The van der Waals surface area contributed by atoms with Gasteiger partial charge in [-0.3, -0.25) is 4.72 Å². The van der Waals surface area contributed by atoms with Crippen molar-refractivity contribution < 1.29 is 12.8 Å². The quantitative estimate of drug-likeness (QED) is 0.674. The maximum Gasteiger partial charge on any atom is 0.302 e. The van der Waals surface area contributed by atoms with E-state index < -0.39 is 16.0 Å². The number of aromatic amines is 1. The second kappa shape index (κ2) is 5.88. The van der Waals surface area contributed by atoms with Crippen LogP contribution in [0.3, 0.4) is 0 Å². The number of benzene rings is 2. The Hall–Kier alpha value is -1.80. The van der Waals surface area contributed by atoms with E-state index in [0.29, 0.717) is 37.8 Å². The number of nitrogens with zero attached hydrogens (tertiary/aromatic N) is 1. The lowest BCUT2D eigenvalue weighted by molar-refractivity contribution is 0.393. The summed E-state index contributed by atoms with van der Waals surface area (Å²) in [5, 5.41) is 1.40. The summed E-state index contributed by atoms with van der Waals surface area (Å²) in [6, 6.07) is 7.76. The predicted octanol–water partition coefficient (Wildman–Crippen LogP) is 4.29. The summed E-state index contributed by atoms with van der Waals surface area (Å²) in [6.07, 6.45) is 1.55. The van der Waals surface area contributed by atoms with Crippen LogP contribution in [-0.2, 0) is 23.3 Å². The minimum atomic E-state index is -3.84. The zero-order valence-corrected chi connectivity index (χ0v) is 15.0. The van der Waals surface area contributed by atoms with E-state index in [9.17, 15) is 12.8 Å². The van der Waals surface area contributed by atoms with Crippen LogP contribution in [0.25, 0.3) is 10.9 Å². The summed E-state index contributed by atoms with van der Waals surface area (Å²) in [7, 11) is -3.84. The van der Waals surface area contributed by atoms with Crippen LogP contribution in [0.5, 0.6) is 0 Å². The molecular weight excluding hydrogens is 388 g/mol. The molecule has 0 saturated carbocycles. The molecule has 0 fully saturated rings. The minimum absolute atomic E-state index is 0.0747. The SMILES string of the molecule is O=S1(=O)Nc2c(cc(Cl)c3c(Cl)c[nH]c23)CN1Cc1ccccc1F. The number of aromatic nitrogens is 1. The lowest BCUT2D eigenvalue weighted by Crippen LogP contribution is -2.39. The Morgan fingerprint density at radius 3 is 2.72 bits per heavy atom. The Bertz CT molecular complexity index is 1100. The van der Waals surface area contributed by atoms with Crippen molar-refractivity contribution in [1.82, 2.24) is 9.29 Å². The van der Waals surface area contributed by atoms with Gasteiger partial charge in [-0.25, -0.2) is 4.39 Å². The third kappa shape index (κ3) is 2.77. The number of hydrogen-bond donors (Lipinski definition) is 2. The van der Waals surface area contributed by atoms with E-state index in [1.807, 2.05) is 0 Å². The van der Waals surface area contributed by atoms with Crippen molar-refractivity contribution in [3.8, 4) is 0 Å². The molecular formula is C16H12Cl2FN3O2S. The first-order valence-electron chi connectivity index (χ1n) is 7.36. The number of hydrogen-bond acceptors (Lipinski definition) is 2. The predicted molar refractivity (Wildman–Crippen MR) is 96.5 cm³/mol. The topological polar surface area (TPSA) is 65.2 Å². The monoisotopic (exact) mass is 399 g/mol. The van der Waals surface area contributed by atoms with E-state index in [0.717, 1.165) is 0 Å². The number of fused-ring (bicyclic) bond motifs is 3. The molecule has 5 nitrogen and oxygen atoms in total. The maximum absolute atomic E-state index is 13.9. The molecule has 0 bridgehead atoms. The summed E-state index contributed by atoms with van der Waals surface area (Å²) >= 11 is 12.4. The van der Waals surface area contributed by atoms with E-state index in [2.05, 4.69) is 9.71 Å². The fourth-order valence-electron chi connectivity index (χ4n) is 2.96. The fourth-order valence-corrected chi connectivity index (χ4v) is 4.82. The molecule has 4 rings (SSSR count). The molecule has 0 spiro atoms. The lowest BCUT2D eigenvalue weighted by Gasteiger charge is -2.30. The lowest BCUT2D eigenvalue weighted by atomic mass is 10.1. The van der Waals surface area contributed by atoms with Crippen LogP contribution in [0, 0.1) is 5.82 Å². The highest BCUT2D eigenvalue weighted by molar-refractivity contribution is 7.90. The van der Waals surface area contributed by atoms with E-state index >= 15 is 0 Å². The first-order valence-corrected chi connectivity index (χ1v) is 9.55. The van der Waals surface area contributed by atoms with Gasteiger partial charge in [0.2, 0.25) is 0 Å². The normalized spacial score (nSPS) is 16.6. The number of halogens is 3. The fraction of sp³-hybridized carbons (Fsp3) is 0.125. The van der Waals surface area contributed by atoms with Gasteiger partial charge in [-0.2, -0.15) is 12.7 Å².